The van der Waals surface area contributed by atoms with Gasteiger partial charge in [-0.3, -0.25) is 0 Å². The highest BCUT2D eigenvalue weighted by molar-refractivity contribution is 6.17. The van der Waals surface area contributed by atoms with E-state index < -0.39 is 5.97 Å². The van der Waals surface area contributed by atoms with Gasteiger partial charge in [0.05, 0.1) is 24.1 Å². The van der Waals surface area contributed by atoms with Gasteiger partial charge < -0.3 is 9.84 Å². The molecule has 0 unspecified atom stereocenters. The number of benzene rings is 1. The zero-order valence-corrected chi connectivity index (χ0v) is 8.71. The molecule has 0 atom stereocenters. The summed E-state index contributed by atoms with van der Waals surface area (Å²) in [6, 6.07) is 4.54. The molecule has 15 heavy (non-hydrogen) atoms. The maximum Gasteiger partial charge on any atom is 0.337 e. The number of nitrogens with zero attached hydrogens (tertiary/aromatic N) is 1. The Morgan fingerprint density at radius 1 is 1.67 bits per heavy atom. The van der Waals surface area contributed by atoms with Crippen molar-refractivity contribution in [2.75, 3.05) is 7.11 Å². The van der Waals surface area contributed by atoms with E-state index >= 15 is 0 Å². The van der Waals surface area contributed by atoms with Crippen LogP contribution >= 0.6 is 11.6 Å². The standard InChI is InChI=1S/C10H8ClNO3/c1-15-9-3-8(10(13)14)7(5-12)2-6(9)4-11/h2-3H,4H2,1H3,(H,13,14). The van der Waals surface area contributed by atoms with Crippen molar-refractivity contribution in [2.45, 2.75) is 5.88 Å². The van der Waals surface area contributed by atoms with Crippen molar-refractivity contribution < 1.29 is 14.6 Å². The molecule has 0 aliphatic rings. The Morgan fingerprint density at radius 3 is 2.73 bits per heavy atom. The van der Waals surface area contributed by atoms with E-state index in [-0.39, 0.29) is 17.0 Å². The van der Waals surface area contributed by atoms with Crippen LogP contribution in [0.1, 0.15) is 21.5 Å². The largest absolute Gasteiger partial charge is 0.496 e. The van der Waals surface area contributed by atoms with E-state index in [1.54, 1.807) is 0 Å². The lowest BCUT2D eigenvalue weighted by atomic mass is 10.0. The van der Waals surface area contributed by atoms with Gasteiger partial charge >= 0.3 is 5.97 Å². The van der Waals surface area contributed by atoms with Crippen LogP contribution < -0.4 is 4.74 Å². The predicted octanol–water partition coefficient (Wildman–Crippen LogP) is 2.00. The average molecular weight is 226 g/mol. The van der Waals surface area contributed by atoms with Crippen molar-refractivity contribution in [1.82, 2.24) is 0 Å². The van der Waals surface area contributed by atoms with E-state index in [1.807, 2.05) is 6.07 Å². The minimum atomic E-state index is -1.16. The topological polar surface area (TPSA) is 70.3 Å². The Kier molecular flexibility index (Phi) is 3.53. The minimum Gasteiger partial charge on any atom is -0.496 e. The maximum absolute atomic E-state index is 10.8. The van der Waals surface area contributed by atoms with E-state index in [9.17, 15) is 4.79 Å². The molecule has 0 saturated carbocycles. The molecule has 1 N–H and O–H groups in total. The van der Waals surface area contributed by atoms with Crippen molar-refractivity contribution in [3.63, 3.8) is 0 Å². The van der Waals surface area contributed by atoms with Crippen LogP contribution in [0.15, 0.2) is 12.1 Å². The third-order valence-corrected chi connectivity index (χ3v) is 2.20. The summed E-state index contributed by atoms with van der Waals surface area (Å²) in [4.78, 5) is 10.8. The normalized spacial score (nSPS) is 9.40. The van der Waals surface area contributed by atoms with Gasteiger partial charge in [-0.25, -0.2) is 4.79 Å². The molecule has 0 fully saturated rings. The number of ether oxygens (including phenoxy) is 1. The van der Waals surface area contributed by atoms with E-state index in [4.69, 9.17) is 26.7 Å². The summed E-state index contributed by atoms with van der Waals surface area (Å²) in [5, 5.41) is 17.6. The molecule has 0 aromatic heterocycles. The van der Waals surface area contributed by atoms with Crippen LogP contribution in [0.2, 0.25) is 0 Å². The SMILES string of the molecule is COc1cc(C(=O)O)c(C#N)cc1CCl. The Labute approximate surface area is 91.7 Å². The summed E-state index contributed by atoms with van der Waals surface area (Å²) >= 11 is 5.63. The lowest BCUT2D eigenvalue weighted by Crippen LogP contribution is -2.02. The zero-order valence-electron chi connectivity index (χ0n) is 7.95. The van der Waals surface area contributed by atoms with Crippen molar-refractivity contribution >= 4 is 17.6 Å². The number of aromatic carboxylic acids is 1. The molecule has 1 aromatic carbocycles. The highest BCUT2D eigenvalue weighted by Gasteiger charge is 2.14. The molecular formula is C10H8ClNO3. The molecule has 0 bridgehead atoms. The van der Waals surface area contributed by atoms with Crippen LogP contribution in [-0.4, -0.2) is 18.2 Å². The fourth-order valence-corrected chi connectivity index (χ4v) is 1.40. The number of hydrogen-bond donors (Lipinski definition) is 1. The highest BCUT2D eigenvalue weighted by Crippen LogP contribution is 2.24. The zero-order chi connectivity index (χ0) is 11.4. The fourth-order valence-electron chi connectivity index (χ4n) is 1.19. The third kappa shape index (κ3) is 2.20. The average Bonchev–Trinajstić information content (AvgIpc) is 2.26. The molecule has 1 aromatic rings. The predicted molar refractivity (Wildman–Crippen MR) is 54.2 cm³/mol. The van der Waals surface area contributed by atoms with Gasteiger partial charge in [0.15, 0.2) is 0 Å². The van der Waals surface area contributed by atoms with Crippen LogP contribution in [-0.2, 0) is 5.88 Å². The molecule has 0 radical (unpaired) electrons. The second-order valence-corrected chi connectivity index (χ2v) is 3.03. The summed E-state index contributed by atoms with van der Waals surface area (Å²) in [5.41, 5.74) is 0.600. The first-order chi connectivity index (χ1) is 7.13. The first-order valence-electron chi connectivity index (χ1n) is 4.04. The fraction of sp³-hybridized carbons (Fsp3) is 0.200. The first-order valence-corrected chi connectivity index (χ1v) is 4.57. The lowest BCUT2D eigenvalue weighted by molar-refractivity contribution is 0.0696. The Bertz CT molecular complexity index is 437. The molecule has 0 aliphatic carbocycles. The monoisotopic (exact) mass is 225 g/mol. The van der Waals surface area contributed by atoms with E-state index in [0.29, 0.717) is 11.3 Å². The van der Waals surface area contributed by atoms with Crippen molar-refractivity contribution in [2.24, 2.45) is 0 Å². The Morgan fingerprint density at radius 2 is 2.33 bits per heavy atom. The van der Waals surface area contributed by atoms with Gasteiger partial charge in [-0.05, 0) is 12.1 Å². The first kappa shape index (κ1) is 11.3. The number of nitriles is 1. The van der Waals surface area contributed by atoms with Gasteiger partial charge in [-0.15, -0.1) is 11.6 Å². The third-order valence-electron chi connectivity index (χ3n) is 1.92. The van der Waals surface area contributed by atoms with Gasteiger partial charge in [-0.2, -0.15) is 5.26 Å². The van der Waals surface area contributed by atoms with Gasteiger partial charge in [0, 0.05) is 5.56 Å². The molecule has 1 rings (SSSR count). The second-order valence-electron chi connectivity index (χ2n) is 2.76. The smallest absolute Gasteiger partial charge is 0.337 e. The molecule has 78 valence electrons. The van der Waals surface area contributed by atoms with Crippen molar-refractivity contribution in [3.8, 4) is 11.8 Å². The van der Waals surface area contributed by atoms with E-state index in [0.717, 1.165) is 0 Å². The van der Waals surface area contributed by atoms with Gasteiger partial charge in [0.25, 0.3) is 0 Å². The molecule has 0 saturated heterocycles. The van der Waals surface area contributed by atoms with Crippen molar-refractivity contribution in [3.05, 3.63) is 28.8 Å². The number of carboxylic acids is 1. The van der Waals surface area contributed by atoms with Gasteiger partial charge in [0.2, 0.25) is 0 Å². The maximum atomic E-state index is 10.8. The van der Waals surface area contributed by atoms with Crippen LogP contribution in [0.4, 0.5) is 0 Å². The van der Waals surface area contributed by atoms with E-state index in [1.165, 1.54) is 19.2 Å². The number of halogens is 1. The number of rotatable bonds is 3. The molecule has 0 spiro atoms. The molecule has 0 aliphatic heterocycles. The Balaban J connectivity index is 3.42. The molecular weight excluding hydrogens is 218 g/mol. The minimum absolute atomic E-state index is 0.0804. The number of hydrogen-bond acceptors (Lipinski definition) is 3. The van der Waals surface area contributed by atoms with Crippen LogP contribution in [0.5, 0.6) is 5.75 Å². The molecule has 0 amide bonds. The summed E-state index contributed by atoms with van der Waals surface area (Å²) < 4.78 is 4.97. The lowest BCUT2D eigenvalue weighted by Gasteiger charge is -2.08. The van der Waals surface area contributed by atoms with E-state index in [2.05, 4.69) is 0 Å². The van der Waals surface area contributed by atoms with Crippen LogP contribution in [0, 0.1) is 11.3 Å². The summed E-state index contributed by atoms with van der Waals surface area (Å²) in [6.45, 7) is 0. The van der Waals surface area contributed by atoms with Crippen LogP contribution in [0.25, 0.3) is 0 Å². The highest BCUT2D eigenvalue weighted by atomic mass is 35.5. The molecule has 5 heteroatoms. The van der Waals surface area contributed by atoms with Gasteiger partial charge in [0.1, 0.15) is 11.8 Å². The summed E-state index contributed by atoms with van der Waals surface area (Å²) in [6.07, 6.45) is 0. The Hall–Kier alpha value is -1.73. The number of carbonyl (C=O) groups is 1. The summed E-state index contributed by atoms with van der Waals surface area (Å²) in [7, 11) is 1.42. The number of alkyl halides is 1. The molecule has 4 nitrogen and oxygen atoms in total. The number of methoxy groups -OCH3 is 1. The second kappa shape index (κ2) is 4.67. The van der Waals surface area contributed by atoms with Gasteiger partial charge in [-0.1, -0.05) is 0 Å². The number of carboxylic acid groups (broad SMARTS) is 1. The van der Waals surface area contributed by atoms with Crippen molar-refractivity contribution in [1.29, 1.82) is 5.26 Å². The van der Waals surface area contributed by atoms with Crippen LogP contribution in [0.3, 0.4) is 0 Å². The quantitative estimate of drug-likeness (QED) is 0.799. The molecule has 0 heterocycles. The summed E-state index contributed by atoms with van der Waals surface area (Å²) in [5.74, 6) is -0.620.